The van der Waals surface area contributed by atoms with E-state index in [-0.39, 0.29) is 16.3 Å². The Kier molecular flexibility index (Phi) is 6.00. The maximum Gasteiger partial charge on any atom is 0.243 e. The monoisotopic (exact) mass is 408 g/mol. The van der Waals surface area contributed by atoms with E-state index in [1.54, 1.807) is 48.5 Å². The minimum absolute atomic E-state index is 0.236. The van der Waals surface area contributed by atoms with Gasteiger partial charge in [0.2, 0.25) is 20.0 Å². The third-order valence-electron chi connectivity index (χ3n) is 4.66. The predicted molar refractivity (Wildman–Crippen MR) is 105 cm³/mol. The lowest BCUT2D eigenvalue weighted by Gasteiger charge is -2.15. The molecule has 0 spiro atoms. The van der Waals surface area contributed by atoms with Crippen LogP contribution in [0, 0.1) is 6.92 Å². The van der Waals surface area contributed by atoms with E-state index < -0.39 is 20.0 Å². The zero-order valence-electron chi connectivity index (χ0n) is 15.3. The molecule has 0 bridgehead atoms. The van der Waals surface area contributed by atoms with Gasteiger partial charge in [-0.2, -0.15) is 4.31 Å². The number of hydrogen-bond donors (Lipinski definition) is 1. The van der Waals surface area contributed by atoms with E-state index >= 15 is 0 Å². The molecule has 146 valence electrons. The Hall–Kier alpha value is -1.74. The zero-order valence-corrected chi connectivity index (χ0v) is 16.9. The quantitative estimate of drug-likeness (QED) is 0.762. The molecule has 2 aromatic carbocycles. The molecule has 1 heterocycles. The van der Waals surface area contributed by atoms with Gasteiger partial charge in [-0.1, -0.05) is 29.8 Å². The summed E-state index contributed by atoms with van der Waals surface area (Å²) >= 11 is 0. The summed E-state index contributed by atoms with van der Waals surface area (Å²) in [6.07, 6.45) is 2.28. The van der Waals surface area contributed by atoms with Crippen molar-refractivity contribution in [1.29, 1.82) is 0 Å². The third-order valence-corrected chi connectivity index (χ3v) is 8.05. The summed E-state index contributed by atoms with van der Waals surface area (Å²) in [5, 5.41) is 0. The number of sulfonamides is 2. The molecule has 6 nitrogen and oxygen atoms in total. The molecule has 0 saturated carbocycles. The summed E-state index contributed by atoms with van der Waals surface area (Å²) in [6.45, 7) is 3.29. The van der Waals surface area contributed by atoms with Crippen LogP contribution in [-0.4, -0.2) is 40.8 Å². The zero-order chi connectivity index (χ0) is 19.5. The molecule has 1 N–H and O–H groups in total. The first-order valence-corrected chi connectivity index (χ1v) is 11.9. The van der Waals surface area contributed by atoms with Gasteiger partial charge in [-0.05, 0) is 56.0 Å². The van der Waals surface area contributed by atoms with E-state index in [0.717, 1.165) is 24.0 Å². The first kappa shape index (κ1) is 20.0. The van der Waals surface area contributed by atoms with E-state index in [1.165, 1.54) is 4.31 Å². The van der Waals surface area contributed by atoms with Crippen molar-refractivity contribution in [3.05, 3.63) is 59.7 Å². The van der Waals surface area contributed by atoms with Gasteiger partial charge in [0.1, 0.15) is 0 Å². The minimum atomic E-state index is -3.54. The number of nitrogens with one attached hydrogen (secondary N) is 1. The van der Waals surface area contributed by atoms with Gasteiger partial charge in [0.25, 0.3) is 0 Å². The predicted octanol–water partition coefficient (Wildman–Crippen LogP) is 2.30. The highest BCUT2D eigenvalue weighted by Gasteiger charge is 2.26. The molecule has 1 saturated heterocycles. The first-order valence-electron chi connectivity index (χ1n) is 8.94. The molecular weight excluding hydrogens is 384 g/mol. The maximum absolute atomic E-state index is 12.5. The molecule has 1 fully saturated rings. The molecule has 0 amide bonds. The largest absolute Gasteiger partial charge is 0.243 e. The van der Waals surface area contributed by atoms with Crippen molar-refractivity contribution in [2.24, 2.45) is 0 Å². The van der Waals surface area contributed by atoms with Gasteiger partial charge in [-0.15, -0.1) is 0 Å². The first-order chi connectivity index (χ1) is 12.8. The topological polar surface area (TPSA) is 83.5 Å². The van der Waals surface area contributed by atoms with Crippen LogP contribution in [0.5, 0.6) is 0 Å². The van der Waals surface area contributed by atoms with E-state index in [9.17, 15) is 16.8 Å². The van der Waals surface area contributed by atoms with Crippen LogP contribution in [0.25, 0.3) is 0 Å². The molecule has 0 radical (unpaired) electrons. The molecule has 0 atom stereocenters. The van der Waals surface area contributed by atoms with E-state index in [1.807, 2.05) is 6.92 Å². The second kappa shape index (κ2) is 8.10. The number of rotatable bonds is 7. The van der Waals surface area contributed by atoms with Gasteiger partial charge in [0, 0.05) is 19.6 Å². The average molecular weight is 409 g/mol. The molecule has 8 heteroatoms. The molecule has 3 rings (SSSR count). The van der Waals surface area contributed by atoms with Crippen molar-refractivity contribution in [1.82, 2.24) is 9.03 Å². The van der Waals surface area contributed by atoms with Crippen LogP contribution in [-0.2, 0) is 26.5 Å². The molecular formula is C19H24N2O4S2. The number of benzene rings is 2. The van der Waals surface area contributed by atoms with E-state index in [0.29, 0.717) is 19.5 Å². The van der Waals surface area contributed by atoms with E-state index in [4.69, 9.17) is 0 Å². The summed E-state index contributed by atoms with van der Waals surface area (Å²) in [4.78, 5) is 0.522. The highest BCUT2D eigenvalue weighted by atomic mass is 32.2. The van der Waals surface area contributed by atoms with Crippen LogP contribution in [0.15, 0.2) is 58.3 Å². The van der Waals surface area contributed by atoms with Crippen LogP contribution in [0.3, 0.4) is 0 Å². The van der Waals surface area contributed by atoms with Crippen LogP contribution in [0.4, 0.5) is 0 Å². The number of nitrogens with zero attached hydrogens (tertiary/aromatic N) is 1. The van der Waals surface area contributed by atoms with Crippen molar-refractivity contribution in [3.63, 3.8) is 0 Å². The Bertz CT molecular complexity index is 977. The Morgan fingerprint density at radius 1 is 0.852 bits per heavy atom. The maximum atomic E-state index is 12.5. The number of aryl methyl sites for hydroxylation is 1. The normalized spacial score (nSPS) is 15.9. The fourth-order valence-corrected chi connectivity index (χ4v) is 5.59. The summed E-state index contributed by atoms with van der Waals surface area (Å²) in [5.41, 5.74) is 1.87. The van der Waals surface area contributed by atoms with Crippen LogP contribution in [0.1, 0.15) is 24.0 Å². The lowest BCUT2D eigenvalue weighted by Crippen LogP contribution is -2.28. The van der Waals surface area contributed by atoms with Crippen molar-refractivity contribution < 1.29 is 16.8 Å². The Morgan fingerprint density at radius 2 is 1.41 bits per heavy atom. The summed E-state index contributed by atoms with van der Waals surface area (Å²) in [6, 6.07) is 13.3. The van der Waals surface area contributed by atoms with Gasteiger partial charge >= 0.3 is 0 Å². The second-order valence-electron chi connectivity index (χ2n) is 6.72. The summed E-state index contributed by atoms with van der Waals surface area (Å²) in [5.74, 6) is 0. The van der Waals surface area contributed by atoms with Crippen molar-refractivity contribution in [2.75, 3.05) is 19.6 Å². The minimum Gasteiger partial charge on any atom is -0.211 e. The molecule has 1 aliphatic rings. The van der Waals surface area contributed by atoms with E-state index in [2.05, 4.69) is 4.72 Å². The van der Waals surface area contributed by atoms with Crippen LogP contribution >= 0.6 is 0 Å². The van der Waals surface area contributed by atoms with Gasteiger partial charge in [0.15, 0.2) is 0 Å². The lowest BCUT2D eigenvalue weighted by molar-refractivity contribution is 0.477. The second-order valence-corrected chi connectivity index (χ2v) is 10.4. The highest BCUT2D eigenvalue weighted by Crippen LogP contribution is 2.21. The van der Waals surface area contributed by atoms with Crippen molar-refractivity contribution in [2.45, 2.75) is 36.0 Å². The summed E-state index contributed by atoms with van der Waals surface area (Å²) in [7, 11) is -6.96. The molecule has 27 heavy (non-hydrogen) atoms. The van der Waals surface area contributed by atoms with Gasteiger partial charge < -0.3 is 0 Å². The molecule has 0 aromatic heterocycles. The Labute approximate surface area is 161 Å². The molecule has 2 aromatic rings. The van der Waals surface area contributed by atoms with Crippen molar-refractivity contribution in [3.8, 4) is 0 Å². The smallest absolute Gasteiger partial charge is 0.211 e. The molecule has 0 unspecified atom stereocenters. The van der Waals surface area contributed by atoms with Crippen LogP contribution in [0.2, 0.25) is 0 Å². The molecule has 0 aliphatic carbocycles. The fourth-order valence-electron chi connectivity index (χ4n) is 3.04. The van der Waals surface area contributed by atoms with Crippen LogP contribution < -0.4 is 4.72 Å². The summed E-state index contributed by atoms with van der Waals surface area (Å²) < 4.78 is 53.6. The number of hydrogen-bond acceptors (Lipinski definition) is 4. The fraction of sp³-hybridized carbons (Fsp3) is 0.368. The Morgan fingerprint density at radius 3 is 2.00 bits per heavy atom. The standard InChI is InChI=1S/C19H24N2O4S2/c1-16-4-8-18(9-5-16)26(22,23)20-13-12-17-6-10-19(11-7-17)27(24,25)21-14-2-3-15-21/h4-11,20H,2-3,12-15H2,1H3. The highest BCUT2D eigenvalue weighted by molar-refractivity contribution is 7.89. The van der Waals surface area contributed by atoms with Gasteiger partial charge in [-0.3, -0.25) is 0 Å². The van der Waals surface area contributed by atoms with Gasteiger partial charge in [-0.25, -0.2) is 21.6 Å². The van der Waals surface area contributed by atoms with Crippen molar-refractivity contribution >= 4 is 20.0 Å². The Balaban J connectivity index is 1.59. The SMILES string of the molecule is Cc1ccc(S(=O)(=O)NCCc2ccc(S(=O)(=O)N3CCCC3)cc2)cc1. The molecule has 1 aliphatic heterocycles. The lowest BCUT2D eigenvalue weighted by atomic mass is 10.2. The van der Waals surface area contributed by atoms with Gasteiger partial charge in [0.05, 0.1) is 9.79 Å². The average Bonchev–Trinajstić information content (AvgIpc) is 3.18. The third kappa shape index (κ3) is 4.76.